The number of halogens is 2. The summed E-state index contributed by atoms with van der Waals surface area (Å²) in [5, 5.41) is 0.976. The van der Waals surface area contributed by atoms with Crippen molar-refractivity contribution in [3.8, 4) is 0 Å². The highest BCUT2D eigenvalue weighted by molar-refractivity contribution is 9.10. The van der Waals surface area contributed by atoms with Gasteiger partial charge in [-0.05, 0) is 46.5 Å². The van der Waals surface area contributed by atoms with Gasteiger partial charge in [-0.25, -0.2) is 9.18 Å². The summed E-state index contributed by atoms with van der Waals surface area (Å²) in [7, 11) is 1.36. The predicted octanol–water partition coefficient (Wildman–Crippen LogP) is 4.71. The Bertz CT molecular complexity index is 682. The first-order chi connectivity index (χ1) is 10.1. The molecule has 5 heteroatoms. The Labute approximate surface area is 131 Å². The Kier molecular flexibility index (Phi) is 4.02. The van der Waals surface area contributed by atoms with Crippen LogP contribution in [0.1, 0.15) is 47.5 Å². The molecule has 2 aromatic rings. The maximum Gasteiger partial charge on any atom is 0.337 e. The van der Waals surface area contributed by atoms with Crippen molar-refractivity contribution in [2.24, 2.45) is 0 Å². The van der Waals surface area contributed by atoms with Crippen molar-refractivity contribution in [3.63, 3.8) is 0 Å². The van der Waals surface area contributed by atoms with Crippen LogP contribution in [0.4, 0.5) is 4.39 Å². The average Bonchev–Trinajstić information content (AvgIpc) is 2.82. The van der Waals surface area contributed by atoms with Gasteiger partial charge in [0, 0.05) is 16.8 Å². The molecule has 2 atom stereocenters. The van der Waals surface area contributed by atoms with Gasteiger partial charge in [-0.2, -0.15) is 0 Å². The van der Waals surface area contributed by atoms with Crippen LogP contribution in [-0.2, 0) is 4.74 Å². The lowest BCUT2D eigenvalue weighted by Gasteiger charge is -2.26. The smallest absolute Gasteiger partial charge is 0.337 e. The molecule has 3 nitrogen and oxygen atoms in total. The van der Waals surface area contributed by atoms with Crippen LogP contribution in [0.25, 0.3) is 10.9 Å². The molecule has 112 valence electrons. The number of fused-ring (bicyclic) bond motifs is 1. The molecule has 1 fully saturated rings. The summed E-state index contributed by atoms with van der Waals surface area (Å²) in [6.45, 7) is 0. The minimum absolute atomic E-state index is 0.0779. The number of alkyl halides is 1. The lowest BCUT2D eigenvalue weighted by molar-refractivity contribution is 0.0601. The van der Waals surface area contributed by atoms with Crippen LogP contribution in [0.5, 0.6) is 0 Å². The fourth-order valence-electron chi connectivity index (χ4n) is 3.20. The van der Waals surface area contributed by atoms with Gasteiger partial charge in [0.1, 0.15) is 6.17 Å². The predicted molar refractivity (Wildman–Crippen MR) is 83.4 cm³/mol. The maximum absolute atomic E-state index is 14.3. The van der Waals surface area contributed by atoms with Gasteiger partial charge in [-0.3, -0.25) is 0 Å². The number of methoxy groups -OCH3 is 1. The van der Waals surface area contributed by atoms with Gasteiger partial charge in [-0.15, -0.1) is 0 Å². The lowest BCUT2D eigenvalue weighted by atomic mass is 9.82. The van der Waals surface area contributed by atoms with Crippen molar-refractivity contribution in [1.82, 2.24) is 4.98 Å². The molecular formula is C16H17BrFNO2. The molecule has 0 amide bonds. The molecule has 0 saturated heterocycles. The summed E-state index contributed by atoms with van der Waals surface area (Å²) >= 11 is 3.51. The number of rotatable bonds is 2. The molecule has 0 bridgehead atoms. The number of carbonyl (C=O) groups is 1. The number of hydrogen-bond acceptors (Lipinski definition) is 2. The van der Waals surface area contributed by atoms with Crippen molar-refractivity contribution in [2.75, 3.05) is 7.11 Å². The minimum Gasteiger partial charge on any atom is -0.465 e. The van der Waals surface area contributed by atoms with E-state index < -0.39 is 6.17 Å². The fraction of sp³-hybridized carbons (Fsp3) is 0.438. The third kappa shape index (κ3) is 2.59. The van der Waals surface area contributed by atoms with Crippen LogP contribution in [-0.4, -0.2) is 24.2 Å². The molecule has 1 N–H and O–H groups in total. The minimum atomic E-state index is -0.797. The zero-order valence-corrected chi connectivity index (χ0v) is 13.4. The van der Waals surface area contributed by atoms with Crippen LogP contribution in [0, 0.1) is 0 Å². The summed E-state index contributed by atoms with van der Waals surface area (Å²) < 4.78 is 19.8. The number of hydrogen-bond donors (Lipinski definition) is 1. The molecule has 1 aliphatic carbocycles. The van der Waals surface area contributed by atoms with Gasteiger partial charge in [-0.1, -0.05) is 18.9 Å². The molecule has 1 aromatic heterocycles. The van der Waals surface area contributed by atoms with Gasteiger partial charge in [0.25, 0.3) is 0 Å². The van der Waals surface area contributed by atoms with Gasteiger partial charge in [0.2, 0.25) is 0 Å². The fourth-order valence-corrected chi connectivity index (χ4v) is 3.93. The molecule has 1 aliphatic rings. The Morgan fingerprint density at radius 1 is 1.38 bits per heavy atom. The largest absolute Gasteiger partial charge is 0.465 e. The van der Waals surface area contributed by atoms with E-state index in [1.54, 1.807) is 12.1 Å². The topological polar surface area (TPSA) is 42.1 Å². The van der Waals surface area contributed by atoms with Crippen molar-refractivity contribution < 1.29 is 13.9 Å². The number of nitrogens with one attached hydrogen (secondary N) is 1. The van der Waals surface area contributed by atoms with Crippen LogP contribution >= 0.6 is 15.9 Å². The van der Waals surface area contributed by atoms with Crippen molar-refractivity contribution in [3.05, 3.63) is 33.9 Å². The molecule has 1 saturated carbocycles. The third-order valence-electron chi connectivity index (χ3n) is 4.26. The van der Waals surface area contributed by atoms with E-state index in [1.165, 1.54) is 7.11 Å². The Morgan fingerprint density at radius 2 is 2.14 bits per heavy atom. The first-order valence-corrected chi connectivity index (χ1v) is 7.94. The molecule has 0 radical (unpaired) electrons. The molecule has 3 rings (SSSR count). The zero-order valence-electron chi connectivity index (χ0n) is 11.8. The number of carbonyl (C=O) groups excluding carboxylic acids is 1. The van der Waals surface area contributed by atoms with E-state index in [0.717, 1.165) is 40.3 Å². The first-order valence-electron chi connectivity index (χ1n) is 7.15. The highest BCUT2D eigenvalue weighted by Crippen LogP contribution is 2.42. The van der Waals surface area contributed by atoms with Gasteiger partial charge in [0.15, 0.2) is 0 Å². The lowest BCUT2D eigenvalue weighted by Crippen LogP contribution is -2.18. The molecule has 1 aromatic carbocycles. The quantitative estimate of drug-likeness (QED) is 0.794. The van der Waals surface area contributed by atoms with Gasteiger partial charge >= 0.3 is 5.97 Å². The van der Waals surface area contributed by atoms with Crippen LogP contribution in [0.2, 0.25) is 0 Å². The number of benzene rings is 1. The van der Waals surface area contributed by atoms with E-state index in [0.29, 0.717) is 12.0 Å². The molecule has 1 heterocycles. The average molecular weight is 354 g/mol. The summed E-state index contributed by atoms with van der Waals surface area (Å²) in [5.74, 6) is -0.448. The van der Waals surface area contributed by atoms with E-state index in [1.807, 2.05) is 6.07 Å². The second kappa shape index (κ2) is 5.79. The highest BCUT2D eigenvalue weighted by Gasteiger charge is 2.30. The molecule has 0 unspecified atom stereocenters. The summed E-state index contributed by atoms with van der Waals surface area (Å²) in [6.07, 6.45) is 2.72. The van der Waals surface area contributed by atoms with Crippen LogP contribution < -0.4 is 0 Å². The van der Waals surface area contributed by atoms with E-state index in [9.17, 15) is 9.18 Å². The van der Waals surface area contributed by atoms with Crippen molar-refractivity contribution >= 4 is 32.8 Å². The summed E-state index contributed by atoms with van der Waals surface area (Å²) in [4.78, 5) is 14.8. The highest BCUT2D eigenvalue weighted by atomic mass is 79.9. The monoisotopic (exact) mass is 353 g/mol. The van der Waals surface area contributed by atoms with Gasteiger partial charge < -0.3 is 9.72 Å². The number of aromatic nitrogens is 1. The Hall–Kier alpha value is -1.36. The van der Waals surface area contributed by atoms with E-state index >= 15 is 0 Å². The standard InChI is InChI=1S/C16H17BrFNO2/c1-21-16(20)9-6-7-11-13(8-9)19-15(17)14(11)10-4-2-3-5-12(10)18/h6-8,10,12,19H,2-5H2,1H3/t10-,12-/m0/s1. The normalized spacial score (nSPS) is 22.4. The number of ether oxygens (including phenoxy) is 1. The van der Waals surface area contributed by atoms with Crippen LogP contribution in [0.3, 0.4) is 0 Å². The van der Waals surface area contributed by atoms with E-state index in [-0.39, 0.29) is 11.9 Å². The van der Waals surface area contributed by atoms with E-state index in [2.05, 4.69) is 20.9 Å². The molecule has 0 spiro atoms. The summed E-state index contributed by atoms with van der Waals surface area (Å²) in [6, 6.07) is 5.36. The second-order valence-electron chi connectivity index (χ2n) is 5.51. The SMILES string of the molecule is COC(=O)c1ccc2c([C@H]3CCCC[C@@H]3F)c(Br)[nH]c2c1. The second-order valence-corrected chi connectivity index (χ2v) is 6.30. The molecule has 21 heavy (non-hydrogen) atoms. The maximum atomic E-state index is 14.3. The van der Waals surface area contributed by atoms with Gasteiger partial charge in [0.05, 0.1) is 17.3 Å². The Morgan fingerprint density at radius 3 is 2.86 bits per heavy atom. The Balaban J connectivity index is 2.07. The number of aromatic amines is 1. The zero-order chi connectivity index (χ0) is 15.0. The van der Waals surface area contributed by atoms with Crippen molar-refractivity contribution in [1.29, 1.82) is 0 Å². The first kappa shape index (κ1) is 14.6. The van der Waals surface area contributed by atoms with Crippen molar-refractivity contribution in [2.45, 2.75) is 37.8 Å². The van der Waals surface area contributed by atoms with E-state index in [4.69, 9.17) is 4.74 Å². The number of H-pyrrole nitrogens is 1. The molecular weight excluding hydrogens is 337 g/mol. The molecule has 0 aliphatic heterocycles. The van der Waals surface area contributed by atoms with Crippen LogP contribution in [0.15, 0.2) is 22.8 Å². The number of esters is 1. The summed E-state index contributed by atoms with van der Waals surface area (Å²) in [5.41, 5.74) is 2.32. The third-order valence-corrected chi connectivity index (χ3v) is 4.89.